The first-order chi connectivity index (χ1) is 12.8. The van der Waals surface area contributed by atoms with Crippen molar-refractivity contribution in [3.8, 4) is 0 Å². The minimum Gasteiger partial charge on any atom is -0.322 e. The molecule has 0 atom stereocenters. The highest BCUT2D eigenvalue weighted by molar-refractivity contribution is 7.92. The van der Waals surface area contributed by atoms with E-state index in [0.29, 0.717) is 16.4 Å². The molecule has 1 amide bonds. The standard InChI is InChI=1S/C19H14Cl2N2O3S/c20-14-7-9-16(10-8-14)23-27(25,26)18-12-13(6-11-17(18)21)19(24)22-15-4-2-1-3-5-15/h1-12,23H,(H,22,24). The van der Waals surface area contributed by atoms with Gasteiger partial charge in [0, 0.05) is 22.0 Å². The third-order valence-corrected chi connectivity index (χ3v) is 5.73. The fraction of sp³-hybridized carbons (Fsp3) is 0. The Morgan fingerprint density at radius 3 is 2.15 bits per heavy atom. The van der Waals surface area contributed by atoms with Crippen LogP contribution >= 0.6 is 23.2 Å². The van der Waals surface area contributed by atoms with Gasteiger partial charge in [-0.3, -0.25) is 9.52 Å². The van der Waals surface area contributed by atoms with Crippen LogP contribution in [0.15, 0.2) is 77.7 Å². The van der Waals surface area contributed by atoms with Crippen LogP contribution in [-0.4, -0.2) is 14.3 Å². The molecular weight excluding hydrogens is 407 g/mol. The Morgan fingerprint density at radius 1 is 0.815 bits per heavy atom. The summed E-state index contributed by atoms with van der Waals surface area (Å²) in [5, 5.41) is 3.19. The summed E-state index contributed by atoms with van der Waals surface area (Å²) >= 11 is 11.9. The SMILES string of the molecule is O=C(Nc1ccccc1)c1ccc(Cl)c(S(=O)(=O)Nc2ccc(Cl)cc2)c1. The molecule has 0 bridgehead atoms. The number of sulfonamides is 1. The van der Waals surface area contributed by atoms with Crippen molar-refractivity contribution in [3.05, 3.63) is 88.4 Å². The van der Waals surface area contributed by atoms with Gasteiger partial charge in [-0.25, -0.2) is 8.42 Å². The monoisotopic (exact) mass is 420 g/mol. The van der Waals surface area contributed by atoms with E-state index in [9.17, 15) is 13.2 Å². The van der Waals surface area contributed by atoms with Gasteiger partial charge in [0.1, 0.15) is 4.90 Å². The van der Waals surface area contributed by atoms with Crippen molar-refractivity contribution < 1.29 is 13.2 Å². The van der Waals surface area contributed by atoms with Crippen LogP contribution in [0.2, 0.25) is 10.0 Å². The van der Waals surface area contributed by atoms with E-state index in [0.717, 1.165) is 0 Å². The van der Waals surface area contributed by atoms with Crippen molar-refractivity contribution in [2.24, 2.45) is 0 Å². The lowest BCUT2D eigenvalue weighted by Crippen LogP contribution is -2.16. The largest absolute Gasteiger partial charge is 0.322 e. The van der Waals surface area contributed by atoms with Crippen molar-refractivity contribution in [3.63, 3.8) is 0 Å². The first-order valence-electron chi connectivity index (χ1n) is 7.79. The molecule has 3 aromatic rings. The number of carbonyl (C=O) groups excluding carboxylic acids is 1. The maximum Gasteiger partial charge on any atom is 0.263 e. The first kappa shape index (κ1) is 19.2. The van der Waals surface area contributed by atoms with Gasteiger partial charge < -0.3 is 5.32 Å². The fourth-order valence-corrected chi connectivity index (χ4v) is 4.01. The summed E-state index contributed by atoms with van der Waals surface area (Å²) < 4.78 is 27.8. The van der Waals surface area contributed by atoms with Crippen LogP contribution in [0.25, 0.3) is 0 Å². The lowest BCUT2D eigenvalue weighted by atomic mass is 10.2. The molecule has 0 unspecified atom stereocenters. The lowest BCUT2D eigenvalue weighted by Gasteiger charge is -2.11. The van der Waals surface area contributed by atoms with E-state index in [1.54, 1.807) is 36.4 Å². The van der Waals surface area contributed by atoms with E-state index in [1.807, 2.05) is 6.07 Å². The number of amides is 1. The lowest BCUT2D eigenvalue weighted by molar-refractivity contribution is 0.102. The molecule has 0 aliphatic carbocycles. The molecule has 0 aromatic heterocycles. The normalized spacial score (nSPS) is 11.0. The van der Waals surface area contributed by atoms with Gasteiger partial charge in [0.15, 0.2) is 0 Å². The van der Waals surface area contributed by atoms with E-state index in [2.05, 4.69) is 10.0 Å². The maximum atomic E-state index is 12.7. The molecule has 0 heterocycles. The van der Waals surface area contributed by atoms with Crippen molar-refractivity contribution in [2.45, 2.75) is 4.90 Å². The third-order valence-electron chi connectivity index (χ3n) is 3.61. The third kappa shape index (κ3) is 4.80. The molecule has 0 aliphatic heterocycles. The molecule has 138 valence electrons. The van der Waals surface area contributed by atoms with Crippen molar-refractivity contribution in [1.82, 2.24) is 0 Å². The Morgan fingerprint density at radius 2 is 1.48 bits per heavy atom. The molecule has 3 rings (SSSR count). The van der Waals surface area contributed by atoms with Crippen LogP contribution in [0.1, 0.15) is 10.4 Å². The number of benzene rings is 3. The van der Waals surface area contributed by atoms with Crippen LogP contribution in [-0.2, 0) is 10.0 Å². The second kappa shape index (κ2) is 8.00. The topological polar surface area (TPSA) is 75.3 Å². The average molecular weight is 421 g/mol. The molecule has 2 N–H and O–H groups in total. The number of hydrogen-bond donors (Lipinski definition) is 2. The molecule has 3 aromatic carbocycles. The minimum absolute atomic E-state index is 0.00715. The summed E-state index contributed by atoms with van der Waals surface area (Å²) in [5.74, 6) is -0.444. The predicted molar refractivity (Wildman–Crippen MR) is 108 cm³/mol. The number of rotatable bonds is 5. The van der Waals surface area contributed by atoms with E-state index in [-0.39, 0.29) is 15.5 Å². The Hall–Kier alpha value is -2.54. The molecule has 0 saturated carbocycles. The Bertz CT molecular complexity index is 1070. The number of halogens is 2. The van der Waals surface area contributed by atoms with Crippen LogP contribution in [0.5, 0.6) is 0 Å². The molecule has 27 heavy (non-hydrogen) atoms. The molecule has 0 saturated heterocycles. The van der Waals surface area contributed by atoms with Gasteiger partial charge in [-0.15, -0.1) is 0 Å². The zero-order valence-corrected chi connectivity index (χ0v) is 16.1. The summed E-state index contributed by atoms with van der Waals surface area (Å²) in [7, 11) is -3.99. The molecule has 0 radical (unpaired) electrons. The van der Waals surface area contributed by atoms with Gasteiger partial charge in [0.2, 0.25) is 0 Å². The van der Waals surface area contributed by atoms with Gasteiger partial charge in [0.25, 0.3) is 15.9 Å². The summed E-state index contributed by atoms with van der Waals surface area (Å²) in [6.45, 7) is 0. The average Bonchev–Trinajstić information content (AvgIpc) is 2.64. The van der Waals surface area contributed by atoms with E-state index < -0.39 is 15.9 Å². The minimum atomic E-state index is -3.99. The maximum absolute atomic E-state index is 12.7. The smallest absolute Gasteiger partial charge is 0.263 e. The molecule has 5 nitrogen and oxygen atoms in total. The van der Waals surface area contributed by atoms with Crippen LogP contribution in [0.3, 0.4) is 0 Å². The Kier molecular flexibility index (Phi) is 5.70. The van der Waals surface area contributed by atoms with Crippen molar-refractivity contribution >= 4 is 50.5 Å². The highest BCUT2D eigenvalue weighted by Gasteiger charge is 2.20. The number of para-hydroxylation sites is 1. The van der Waals surface area contributed by atoms with Gasteiger partial charge >= 0.3 is 0 Å². The quantitative estimate of drug-likeness (QED) is 0.606. The van der Waals surface area contributed by atoms with Gasteiger partial charge in [0.05, 0.1) is 5.02 Å². The van der Waals surface area contributed by atoms with E-state index >= 15 is 0 Å². The highest BCUT2D eigenvalue weighted by atomic mass is 35.5. The highest BCUT2D eigenvalue weighted by Crippen LogP contribution is 2.26. The van der Waals surface area contributed by atoms with E-state index in [4.69, 9.17) is 23.2 Å². The Labute approximate surface area is 167 Å². The number of hydrogen-bond acceptors (Lipinski definition) is 3. The number of nitrogens with one attached hydrogen (secondary N) is 2. The molecule has 0 spiro atoms. The van der Waals surface area contributed by atoms with Gasteiger partial charge in [-0.05, 0) is 54.6 Å². The second-order valence-electron chi connectivity index (χ2n) is 5.58. The van der Waals surface area contributed by atoms with E-state index in [1.165, 1.54) is 30.3 Å². The fourth-order valence-electron chi connectivity index (χ4n) is 2.30. The second-order valence-corrected chi connectivity index (χ2v) is 8.07. The zero-order valence-electron chi connectivity index (χ0n) is 13.8. The molecular formula is C19H14Cl2N2O3S. The zero-order chi connectivity index (χ0) is 19.4. The number of carbonyl (C=O) groups is 1. The molecule has 0 aliphatic rings. The molecule has 0 fully saturated rings. The summed E-state index contributed by atoms with van der Waals surface area (Å²) in [5.41, 5.74) is 1.09. The van der Waals surface area contributed by atoms with Crippen LogP contribution < -0.4 is 10.0 Å². The Balaban J connectivity index is 1.88. The summed E-state index contributed by atoms with van der Waals surface area (Å²) in [6, 6.07) is 19.1. The number of anilines is 2. The van der Waals surface area contributed by atoms with Crippen LogP contribution in [0, 0.1) is 0 Å². The van der Waals surface area contributed by atoms with Crippen LogP contribution in [0.4, 0.5) is 11.4 Å². The van der Waals surface area contributed by atoms with Gasteiger partial charge in [-0.1, -0.05) is 41.4 Å². The van der Waals surface area contributed by atoms with Gasteiger partial charge in [-0.2, -0.15) is 0 Å². The molecule has 8 heteroatoms. The first-order valence-corrected chi connectivity index (χ1v) is 10.0. The van der Waals surface area contributed by atoms with Crippen molar-refractivity contribution in [2.75, 3.05) is 10.0 Å². The summed E-state index contributed by atoms with van der Waals surface area (Å²) in [4.78, 5) is 12.2. The van der Waals surface area contributed by atoms with Crippen molar-refractivity contribution in [1.29, 1.82) is 0 Å². The predicted octanol–water partition coefficient (Wildman–Crippen LogP) is 5.05. The summed E-state index contributed by atoms with van der Waals surface area (Å²) in [6.07, 6.45) is 0.